The normalized spacial score (nSPS) is 14.5. The fourth-order valence-electron chi connectivity index (χ4n) is 4.67. The summed E-state index contributed by atoms with van der Waals surface area (Å²) in [5.74, 6) is 1.96. The van der Waals surface area contributed by atoms with Crippen molar-refractivity contribution >= 4 is 29.0 Å². The lowest BCUT2D eigenvalue weighted by Crippen LogP contribution is -2.25. The topological polar surface area (TPSA) is 141 Å². The third-order valence-electron chi connectivity index (χ3n) is 6.47. The molecule has 0 unspecified atom stereocenters. The molecule has 0 saturated carbocycles. The van der Waals surface area contributed by atoms with Crippen LogP contribution in [0.1, 0.15) is 24.1 Å². The van der Waals surface area contributed by atoms with Gasteiger partial charge in [0.2, 0.25) is 0 Å². The third-order valence-corrected chi connectivity index (χ3v) is 6.98. The first-order valence-corrected chi connectivity index (χ1v) is 12.9. The van der Waals surface area contributed by atoms with Crippen molar-refractivity contribution in [2.45, 2.75) is 18.9 Å². The number of aromatic amines is 1. The van der Waals surface area contributed by atoms with Gasteiger partial charge in [-0.05, 0) is 47.2 Å². The van der Waals surface area contributed by atoms with Crippen LogP contribution in [0.5, 0.6) is 0 Å². The number of aryl methyl sites for hydroxylation is 1. The molecule has 5 aromatic rings. The largest absolute Gasteiger partial charge is 0.383 e. The van der Waals surface area contributed by atoms with E-state index >= 15 is 0 Å². The Balaban J connectivity index is 1.31. The van der Waals surface area contributed by atoms with Gasteiger partial charge in [-0.1, -0.05) is 23.2 Å². The van der Waals surface area contributed by atoms with E-state index in [0.717, 1.165) is 11.4 Å². The summed E-state index contributed by atoms with van der Waals surface area (Å²) < 4.78 is 8.21. The number of imidazole rings is 1. The molecule has 12 nitrogen and oxygen atoms in total. The first-order valence-electron chi connectivity index (χ1n) is 12.1. The van der Waals surface area contributed by atoms with Crippen LogP contribution in [0.25, 0.3) is 28.2 Å². The summed E-state index contributed by atoms with van der Waals surface area (Å²) in [6, 6.07) is 10.2. The van der Waals surface area contributed by atoms with Crippen molar-refractivity contribution in [1.82, 2.24) is 44.7 Å². The van der Waals surface area contributed by atoms with Gasteiger partial charge in [-0.25, -0.2) is 15.0 Å². The summed E-state index contributed by atoms with van der Waals surface area (Å²) >= 11 is 12.8. The molecule has 0 radical (unpaired) electrons. The number of hydrogen-bond acceptors (Lipinski definition) is 9. The average molecular weight is 565 g/mol. The van der Waals surface area contributed by atoms with E-state index in [2.05, 4.69) is 35.8 Å². The van der Waals surface area contributed by atoms with Gasteiger partial charge in [-0.3, -0.25) is 9.36 Å². The molecule has 0 bridgehead atoms. The van der Waals surface area contributed by atoms with Gasteiger partial charge in [0, 0.05) is 48.5 Å². The van der Waals surface area contributed by atoms with Crippen LogP contribution < -0.4 is 10.9 Å². The molecule has 198 valence electrons. The van der Waals surface area contributed by atoms with Gasteiger partial charge >= 0.3 is 0 Å². The lowest BCUT2D eigenvalue weighted by atomic mass is 10.1. The first-order chi connectivity index (χ1) is 19.0. The van der Waals surface area contributed by atoms with Crippen LogP contribution >= 0.6 is 23.2 Å². The molecule has 1 atom stereocenters. The fraction of sp³-hybridized carbons (Fsp3) is 0.240. The van der Waals surface area contributed by atoms with E-state index < -0.39 is 0 Å². The van der Waals surface area contributed by atoms with Crippen molar-refractivity contribution in [3.05, 3.63) is 81.1 Å². The number of anilines is 1. The molecule has 0 amide bonds. The first kappa shape index (κ1) is 25.2. The molecule has 39 heavy (non-hydrogen) atoms. The standard InChI is InChI=1S/C25H22Cl2N10O2/c1-39-9-8-28-20-6-2-14(12-29-20)23-24(27)33-25(32-23)19-5-7-21-31-17(11-22(38)37(19)21)16-10-15(26)3-4-18(16)36-13-30-34-35-36/h2-4,6,10-13,19H,5,7-9H2,1H3,(H,28,29)(H,32,33)/t19-/m0/s1. The van der Waals surface area contributed by atoms with Crippen LogP contribution in [0.15, 0.2) is 53.7 Å². The number of aromatic nitrogens is 9. The SMILES string of the molecule is COCCNc1ccc(-c2[nH]c([C@@H]3CCc4nc(-c5cc(Cl)ccc5-n5cnnn5)cc(=O)n43)nc2Cl)cn1. The summed E-state index contributed by atoms with van der Waals surface area (Å²) in [4.78, 5) is 30.5. The molecule has 0 saturated heterocycles. The van der Waals surface area contributed by atoms with Crippen molar-refractivity contribution in [1.29, 1.82) is 0 Å². The molecular weight excluding hydrogens is 543 g/mol. The number of fused-ring (bicyclic) bond motifs is 1. The quantitative estimate of drug-likeness (QED) is 0.270. The van der Waals surface area contributed by atoms with Gasteiger partial charge in [-0.2, -0.15) is 4.68 Å². The van der Waals surface area contributed by atoms with E-state index in [0.29, 0.717) is 70.5 Å². The monoisotopic (exact) mass is 564 g/mol. The number of methoxy groups -OCH3 is 1. The number of ether oxygens (including phenoxy) is 1. The maximum atomic E-state index is 13.4. The van der Waals surface area contributed by atoms with Gasteiger partial charge in [0.05, 0.1) is 29.7 Å². The van der Waals surface area contributed by atoms with Crippen molar-refractivity contribution in [2.24, 2.45) is 0 Å². The second-order valence-electron chi connectivity index (χ2n) is 8.88. The second kappa shape index (κ2) is 10.6. The highest BCUT2D eigenvalue weighted by Crippen LogP contribution is 2.34. The zero-order chi connectivity index (χ0) is 26.9. The van der Waals surface area contributed by atoms with Gasteiger partial charge in [-0.15, -0.1) is 5.10 Å². The minimum Gasteiger partial charge on any atom is -0.383 e. The van der Waals surface area contributed by atoms with E-state index in [4.69, 9.17) is 32.9 Å². The van der Waals surface area contributed by atoms with Crippen LogP contribution in [0, 0.1) is 0 Å². The van der Waals surface area contributed by atoms with E-state index in [1.165, 1.54) is 17.1 Å². The molecule has 1 aliphatic rings. The fourth-order valence-corrected chi connectivity index (χ4v) is 5.09. The second-order valence-corrected chi connectivity index (χ2v) is 9.67. The van der Waals surface area contributed by atoms with E-state index in [1.54, 1.807) is 36.1 Å². The minimum atomic E-state index is -0.332. The van der Waals surface area contributed by atoms with Crippen LogP contribution in [-0.4, -0.2) is 65.0 Å². The van der Waals surface area contributed by atoms with Crippen LogP contribution in [0.4, 0.5) is 5.82 Å². The van der Waals surface area contributed by atoms with Gasteiger partial charge < -0.3 is 15.0 Å². The predicted octanol–water partition coefficient (Wildman–Crippen LogP) is 3.57. The number of nitrogens with zero attached hydrogens (tertiary/aromatic N) is 8. The Morgan fingerprint density at radius 1 is 1.18 bits per heavy atom. The smallest absolute Gasteiger partial charge is 0.254 e. The van der Waals surface area contributed by atoms with E-state index in [-0.39, 0.29) is 11.6 Å². The summed E-state index contributed by atoms with van der Waals surface area (Å²) in [6.45, 7) is 1.23. The lowest BCUT2D eigenvalue weighted by molar-refractivity contribution is 0.210. The molecule has 0 aliphatic carbocycles. The number of halogens is 2. The van der Waals surface area contributed by atoms with Crippen LogP contribution in [0.3, 0.4) is 0 Å². The summed E-state index contributed by atoms with van der Waals surface area (Å²) in [5.41, 5.74) is 3.01. The zero-order valence-electron chi connectivity index (χ0n) is 20.7. The average Bonchev–Trinajstić information content (AvgIpc) is 3.69. The maximum Gasteiger partial charge on any atom is 0.254 e. The molecule has 0 spiro atoms. The van der Waals surface area contributed by atoms with Gasteiger partial charge in [0.15, 0.2) is 5.15 Å². The molecule has 0 fully saturated rings. The predicted molar refractivity (Wildman–Crippen MR) is 145 cm³/mol. The Kier molecular flexibility index (Phi) is 6.81. The van der Waals surface area contributed by atoms with Crippen molar-refractivity contribution in [3.8, 4) is 28.2 Å². The molecule has 1 aliphatic heterocycles. The number of H-pyrrole nitrogens is 1. The zero-order valence-corrected chi connectivity index (χ0v) is 22.2. The molecule has 5 heterocycles. The number of rotatable bonds is 8. The molecule has 14 heteroatoms. The molecule has 1 aromatic carbocycles. The molecule has 6 rings (SSSR count). The number of tetrazole rings is 1. The maximum absolute atomic E-state index is 13.4. The number of nitrogens with one attached hydrogen (secondary N) is 2. The lowest BCUT2D eigenvalue weighted by Gasteiger charge is -2.14. The Morgan fingerprint density at radius 2 is 2.08 bits per heavy atom. The minimum absolute atomic E-state index is 0.206. The summed E-state index contributed by atoms with van der Waals surface area (Å²) in [5, 5.41) is 15.4. The number of benzene rings is 1. The molecular formula is C25H22Cl2N10O2. The Labute approximate surface area is 232 Å². The highest BCUT2D eigenvalue weighted by atomic mass is 35.5. The number of pyridine rings is 1. The van der Waals surface area contributed by atoms with Gasteiger partial charge in [0.25, 0.3) is 5.56 Å². The highest BCUT2D eigenvalue weighted by Gasteiger charge is 2.30. The highest BCUT2D eigenvalue weighted by molar-refractivity contribution is 6.32. The Bertz CT molecular complexity index is 1680. The van der Waals surface area contributed by atoms with Crippen molar-refractivity contribution < 1.29 is 4.74 Å². The van der Waals surface area contributed by atoms with E-state index in [9.17, 15) is 4.79 Å². The van der Waals surface area contributed by atoms with Crippen LogP contribution in [-0.2, 0) is 11.2 Å². The number of hydrogen-bond donors (Lipinski definition) is 2. The van der Waals surface area contributed by atoms with Crippen molar-refractivity contribution in [2.75, 3.05) is 25.6 Å². The van der Waals surface area contributed by atoms with Crippen molar-refractivity contribution in [3.63, 3.8) is 0 Å². The summed E-state index contributed by atoms with van der Waals surface area (Å²) in [6.07, 6.45) is 4.42. The Morgan fingerprint density at radius 3 is 2.85 bits per heavy atom. The van der Waals surface area contributed by atoms with Gasteiger partial charge in [0.1, 0.15) is 23.8 Å². The Hall–Kier alpha value is -4.13. The summed E-state index contributed by atoms with van der Waals surface area (Å²) in [7, 11) is 1.65. The third kappa shape index (κ3) is 4.89. The molecule has 4 aromatic heterocycles. The van der Waals surface area contributed by atoms with E-state index in [1.807, 2.05) is 12.1 Å². The molecule has 2 N–H and O–H groups in total. The van der Waals surface area contributed by atoms with Crippen LogP contribution in [0.2, 0.25) is 10.2 Å².